The molecule has 0 aromatic rings. The van der Waals surface area contributed by atoms with Crippen LogP contribution in [-0.2, 0) is 14.3 Å². The highest BCUT2D eigenvalue weighted by Gasteiger charge is 2.25. The third kappa shape index (κ3) is 5.49. The van der Waals surface area contributed by atoms with E-state index < -0.39 is 5.97 Å². The molecule has 1 heterocycles. The highest BCUT2D eigenvalue weighted by atomic mass is 16.5. The summed E-state index contributed by atoms with van der Waals surface area (Å²) < 4.78 is 5.45. The minimum atomic E-state index is -0.754. The van der Waals surface area contributed by atoms with E-state index in [2.05, 4.69) is 0 Å². The first-order chi connectivity index (χ1) is 8.28. The number of rotatable bonds is 4. The van der Waals surface area contributed by atoms with Crippen LogP contribution in [0.1, 0.15) is 40.0 Å². The normalized spacial score (nSPS) is 17.8. The quantitative estimate of drug-likeness (QED) is 0.829. The molecule has 0 aliphatic carbocycles. The Kier molecular flexibility index (Phi) is 5.14. The van der Waals surface area contributed by atoms with Gasteiger partial charge in [-0.1, -0.05) is 0 Å². The molecule has 0 aromatic carbocycles. The summed E-state index contributed by atoms with van der Waals surface area (Å²) in [7, 11) is 0. The predicted octanol–water partition coefficient (Wildman–Crippen LogP) is 1.51. The Hall–Kier alpha value is -1.10. The van der Waals surface area contributed by atoms with Gasteiger partial charge in [0.2, 0.25) is 5.91 Å². The van der Waals surface area contributed by atoms with Gasteiger partial charge in [-0.3, -0.25) is 9.59 Å². The van der Waals surface area contributed by atoms with Gasteiger partial charge in [-0.2, -0.15) is 0 Å². The summed E-state index contributed by atoms with van der Waals surface area (Å²) in [5.74, 6) is -0.551. The van der Waals surface area contributed by atoms with Crippen molar-refractivity contribution in [2.24, 2.45) is 5.92 Å². The van der Waals surface area contributed by atoms with Gasteiger partial charge in [0.15, 0.2) is 0 Å². The Morgan fingerprint density at radius 2 is 1.83 bits per heavy atom. The lowest BCUT2D eigenvalue weighted by Crippen LogP contribution is -2.41. The maximum Gasteiger partial charge on any atom is 0.303 e. The summed E-state index contributed by atoms with van der Waals surface area (Å²) in [4.78, 5) is 24.2. The van der Waals surface area contributed by atoms with Gasteiger partial charge in [-0.05, 0) is 39.5 Å². The van der Waals surface area contributed by atoms with Crippen LogP contribution in [0, 0.1) is 5.92 Å². The number of piperidine rings is 1. The molecule has 1 saturated heterocycles. The SMILES string of the molecule is CC(C)(C)OCC(=O)N1CCC(CC(=O)O)CC1. The molecule has 5 nitrogen and oxygen atoms in total. The second-order valence-electron chi connectivity index (χ2n) is 5.82. The number of hydrogen-bond acceptors (Lipinski definition) is 3. The minimum Gasteiger partial charge on any atom is -0.481 e. The van der Waals surface area contributed by atoms with Gasteiger partial charge in [-0.15, -0.1) is 0 Å². The van der Waals surface area contributed by atoms with Crippen LogP contribution in [0.2, 0.25) is 0 Å². The molecule has 5 heteroatoms. The third-order valence-electron chi connectivity index (χ3n) is 3.06. The van der Waals surface area contributed by atoms with Crippen molar-refractivity contribution in [1.29, 1.82) is 0 Å². The molecule has 1 rings (SSSR count). The number of carboxylic acid groups (broad SMARTS) is 1. The number of carbonyl (C=O) groups excluding carboxylic acids is 1. The van der Waals surface area contributed by atoms with Gasteiger partial charge < -0.3 is 14.7 Å². The summed E-state index contributed by atoms with van der Waals surface area (Å²) in [6.07, 6.45) is 1.75. The lowest BCUT2D eigenvalue weighted by Gasteiger charge is -2.32. The molecular weight excluding hydrogens is 234 g/mol. The number of aliphatic carboxylic acids is 1. The number of nitrogens with zero attached hydrogens (tertiary/aromatic N) is 1. The Morgan fingerprint density at radius 1 is 1.28 bits per heavy atom. The van der Waals surface area contributed by atoms with Crippen LogP contribution in [0.5, 0.6) is 0 Å². The van der Waals surface area contributed by atoms with Crippen molar-refractivity contribution in [2.75, 3.05) is 19.7 Å². The first-order valence-corrected chi connectivity index (χ1v) is 6.41. The predicted molar refractivity (Wildman–Crippen MR) is 67.3 cm³/mol. The molecule has 0 spiro atoms. The Bertz CT molecular complexity index is 301. The van der Waals surface area contributed by atoms with Crippen molar-refractivity contribution in [1.82, 2.24) is 4.90 Å². The zero-order valence-corrected chi connectivity index (χ0v) is 11.4. The van der Waals surface area contributed by atoms with E-state index in [0.717, 1.165) is 12.8 Å². The van der Waals surface area contributed by atoms with E-state index in [1.807, 2.05) is 20.8 Å². The van der Waals surface area contributed by atoms with Crippen molar-refractivity contribution in [2.45, 2.75) is 45.6 Å². The van der Waals surface area contributed by atoms with Crippen LogP contribution in [0.25, 0.3) is 0 Å². The fourth-order valence-electron chi connectivity index (χ4n) is 2.00. The highest BCUT2D eigenvalue weighted by molar-refractivity contribution is 5.77. The highest BCUT2D eigenvalue weighted by Crippen LogP contribution is 2.20. The minimum absolute atomic E-state index is 0.00120. The number of likely N-dealkylation sites (tertiary alicyclic amines) is 1. The largest absolute Gasteiger partial charge is 0.481 e. The van der Waals surface area contributed by atoms with E-state index in [1.54, 1.807) is 4.90 Å². The topological polar surface area (TPSA) is 66.8 Å². The first kappa shape index (κ1) is 15.0. The maximum absolute atomic E-state index is 11.9. The number of carbonyl (C=O) groups is 2. The summed E-state index contributed by atoms with van der Waals surface area (Å²) >= 11 is 0. The van der Waals surface area contributed by atoms with Crippen LogP contribution < -0.4 is 0 Å². The Balaban J connectivity index is 2.29. The standard InChI is InChI=1S/C13H23NO4/c1-13(2,3)18-9-11(15)14-6-4-10(5-7-14)8-12(16)17/h10H,4-9H2,1-3H3,(H,16,17). The van der Waals surface area contributed by atoms with E-state index in [-0.39, 0.29) is 30.5 Å². The van der Waals surface area contributed by atoms with Crippen molar-refractivity contribution >= 4 is 11.9 Å². The molecule has 1 aliphatic rings. The molecule has 1 N–H and O–H groups in total. The van der Waals surface area contributed by atoms with Gasteiger partial charge in [0.25, 0.3) is 0 Å². The number of amides is 1. The number of hydrogen-bond donors (Lipinski definition) is 1. The fraction of sp³-hybridized carbons (Fsp3) is 0.846. The van der Waals surface area contributed by atoms with Crippen molar-refractivity contribution in [3.05, 3.63) is 0 Å². The average molecular weight is 257 g/mol. The average Bonchev–Trinajstić information content (AvgIpc) is 2.25. The molecule has 0 unspecified atom stereocenters. The zero-order chi connectivity index (χ0) is 13.8. The van der Waals surface area contributed by atoms with Crippen LogP contribution in [-0.4, -0.2) is 47.2 Å². The van der Waals surface area contributed by atoms with Gasteiger partial charge in [0.1, 0.15) is 6.61 Å². The summed E-state index contributed by atoms with van der Waals surface area (Å²) in [5, 5.41) is 8.71. The molecule has 0 bridgehead atoms. The lowest BCUT2D eigenvalue weighted by molar-refractivity contribution is -0.143. The van der Waals surface area contributed by atoms with Crippen LogP contribution in [0.3, 0.4) is 0 Å². The maximum atomic E-state index is 11.9. The number of ether oxygens (including phenoxy) is 1. The van der Waals surface area contributed by atoms with Crippen molar-refractivity contribution < 1.29 is 19.4 Å². The van der Waals surface area contributed by atoms with E-state index in [9.17, 15) is 9.59 Å². The smallest absolute Gasteiger partial charge is 0.303 e. The van der Waals surface area contributed by atoms with Crippen LogP contribution >= 0.6 is 0 Å². The van der Waals surface area contributed by atoms with Crippen LogP contribution in [0.4, 0.5) is 0 Å². The molecular formula is C13H23NO4. The molecule has 0 atom stereocenters. The van der Waals surface area contributed by atoms with Crippen molar-refractivity contribution in [3.8, 4) is 0 Å². The molecule has 0 saturated carbocycles. The zero-order valence-electron chi connectivity index (χ0n) is 11.4. The van der Waals surface area contributed by atoms with Crippen molar-refractivity contribution in [3.63, 3.8) is 0 Å². The van der Waals surface area contributed by atoms with Gasteiger partial charge in [0.05, 0.1) is 5.60 Å². The fourth-order valence-corrected chi connectivity index (χ4v) is 2.00. The second-order valence-corrected chi connectivity index (χ2v) is 5.82. The van der Waals surface area contributed by atoms with Gasteiger partial charge in [0, 0.05) is 19.5 Å². The molecule has 1 amide bonds. The summed E-state index contributed by atoms with van der Waals surface area (Å²) in [6.45, 7) is 7.14. The summed E-state index contributed by atoms with van der Waals surface area (Å²) in [5.41, 5.74) is -0.308. The molecule has 1 fully saturated rings. The monoisotopic (exact) mass is 257 g/mol. The first-order valence-electron chi connectivity index (χ1n) is 6.41. The number of carboxylic acids is 1. The molecule has 0 aromatic heterocycles. The molecule has 0 radical (unpaired) electrons. The van der Waals surface area contributed by atoms with E-state index in [4.69, 9.17) is 9.84 Å². The lowest BCUT2D eigenvalue weighted by atomic mass is 9.93. The molecule has 18 heavy (non-hydrogen) atoms. The van der Waals surface area contributed by atoms with E-state index >= 15 is 0 Å². The third-order valence-corrected chi connectivity index (χ3v) is 3.06. The second kappa shape index (κ2) is 6.18. The van der Waals surface area contributed by atoms with Gasteiger partial charge in [-0.25, -0.2) is 0 Å². The molecule has 104 valence electrons. The molecule has 1 aliphatic heterocycles. The Morgan fingerprint density at radius 3 is 2.28 bits per heavy atom. The van der Waals surface area contributed by atoms with Crippen LogP contribution in [0.15, 0.2) is 0 Å². The van der Waals surface area contributed by atoms with Gasteiger partial charge >= 0.3 is 5.97 Å². The van der Waals surface area contributed by atoms with E-state index in [0.29, 0.717) is 13.1 Å². The summed E-state index contributed by atoms with van der Waals surface area (Å²) in [6, 6.07) is 0. The van der Waals surface area contributed by atoms with E-state index in [1.165, 1.54) is 0 Å². The Labute approximate surface area is 108 Å².